The molecule has 1 rings (SSSR count). The summed E-state index contributed by atoms with van der Waals surface area (Å²) in [5.74, 6) is 0. The van der Waals surface area contributed by atoms with Crippen LogP contribution in [0.3, 0.4) is 0 Å². The molecule has 0 radical (unpaired) electrons. The first kappa shape index (κ1) is 14.3. The first-order valence-electron chi connectivity index (χ1n) is 6.60. The lowest BCUT2D eigenvalue weighted by molar-refractivity contribution is 0.390. The van der Waals surface area contributed by atoms with Gasteiger partial charge in [-0.05, 0) is 36.7 Å². The zero-order chi connectivity index (χ0) is 12.6. The summed E-state index contributed by atoms with van der Waals surface area (Å²) in [6, 6.07) is 14.1. The van der Waals surface area contributed by atoms with Gasteiger partial charge in [0.15, 0.2) is 8.32 Å². The highest BCUT2D eigenvalue weighted by Gasteiger charge is 2.28. The molecule has 0 aliphatic carbocycles. The minimum Gasteiger partial charge on any atom is -0.420 e. The molecule has 0 aliphatic heterocycles. The molecule has 2 nitrogen and oxygen atoms in total. The summed E-state index contributed by atoms with van der Waals surface area (Å²) >= 11 is 0. The Morgan fingerprint density at radius 3 is 2.29 bits per heavy atom. The maximum absolute atomic E-state index is 5.80. The SMILES string of the molecule is CC[Si](CC)(CCCNc1ccccc1)OC. The fourth-order valence-electron chi connectivity index (χ4n) is 2.19. The van der Waals surface area contributed by atoms with Crippen LogP contribution in [-0.4, -0.2) is 22.0 Å². The highest BCUT2D eigenvalue weighted by molar-refractivity contribution is 6.73. The molecule has 0 heterocycles. The normalized spacial score (nSPS) is 11.5. The number of hydrogen-bond donors (Lipinski definition) is 1. The van der Waals surface area contributed by atoms with Crippen molar-refractivity contribution >= 4 is 14.0 Å². The van der Waals surface area contributed by atoms with Crippen LogP contribution in [0.2, 0.25) is 18.1 Å². The largest absolute Gasteiger partial charge is 0.420 e. The van der Waals surface area contributed by atoms with Crippen LogP contribution < -0.4 is 5.32 Å². The second kappa shape index (κ2) is 7.51. The van der Waals surface area contributed by atoms with Gasteiger partial charge in [-0.3, -0.25) is 0 Å². The molecule has 0 bridgehead atoms. The van der Waals surface area contributed by atoms with Gasteiger partial charge in [-0.1, -0.05) is 32.0 Å². The first-order chi connectivity index (χ1) is 8.26. The van der Waals surface area contributed by atoms with E-state index in [4.69, 9.17) is 4.43 Å². The Labute approximate surface area is 107 Å². The van der Waals surface area contributed by atoms with E-state index in [1.165, 1.54) is 30.2 Å². The van der Waals surface area contributed by atoms with Crippen molar-refractivity contribution in [2.75, 3.05) is 19.0 Å². The van der Waals surface area contributed by atoms with E-state index >= 15 is 0 Å². The maximum atomic E-state index is 5.80. The van der Waals surface area contributed by atoms with Gasteiger partial charge < -0.3 is 9.74 Å². The van der Waals surface area contributed by atoms with Gasteiger partial charge in [-0.25, -0.2) is 0 Å². The predicted octanol–water partition coefficient (Wildman–Crippen LogP) is 4.12. The molecule has 0 fully saturated rings. The second-order valence-corrected chi connectivity index (χ2v) is 9.18. The van der Waals surface area contributed by atoms with Crippen molar-refractivity contribution in [3.8, 4) is 0 Å². The fraction of sp³-hybridized carbons (Fsp3) is 0.571. The molecule has 0 saturated heterocycles. The highest BCUT2D eigenvalue weighted by Crippen LogP contribution is 2.22. The van der Waals surface area contributed by atoms with Gasteiger partial charge >= 0.3 is 0 Å². The van der Waals surface area contributed by atoms with Gasteiger partial charge in [0.1, 0.15) is 0 Å². The van der Waals surface area contributed by atoms with Crippen LogP contribution >= 0.6 is 0 Å². The quantitative estimate of drug-likeness (QED) is 0.554. The molecule has 17 heavy (non-hydrogen) atoms. The maximum Gasteiger partial charge on any atom is 0.191 e. The van der Waals surface area contributed by atoms with E-state index in [0.29, 0.717) is 0 Å². The van der Waals surface area contributed by atoms with Crippen molar-refractivity contribution in [2.24, 2.45) is 0 Å². The third kappa shape index (κ3) is 4.52. The molecule has 1 aromatic rings. The van der Waals surface area contributed by atoms with Crippen LogP contribution in [0, 0.1) is 0 Å². The standard InChI is InChI=1S/C14H25NOSi/c1-4-17(5-2,16-3)13-9-12-15-14-10-7-6-8-11-14/h6-8,10-11,15H,4-5,9,12-13H2,1-3H3. The van der Waals surface area contributed by atoms with Crippen LogP contribution in [0.5, 0.6) is 0 Å². The molecule has 0 aliphatic rings. The predicted molar refractivity (Wildman–Crippen MR) is 78.1 cm³/mol. The van der Waals surface area contributed by atoms with Crippen molar-refractivity contribution in [2.45, 2.75) is 38.4 Å². The summed E-state index contributed by atoms with van der Waals surface area (Å²) in [4.78, 5) is 0. The summed E-state index contributed by atoms with van der Waals surface area (Å²) in [6.07, 6.45) is 1.20. The zero-order valence-corrected chi connectivity index (χ0v) is 12.3. The summed E-state index contributed by atoms with van der Waals surface area (Å²) < 4.78 is 5.80. The summed E-state index contributed by atoms with van der Waals surface area (Å²) in [7, 11) is 0.497. The molecule has 0 atom stereocenters. The van der Waals surface area contributed by atoms with E-state index in [2.05, 4.69) is 43.4 Å². The summed E-state index contributed by atoms with van der Waals surface area (Å²) in [5.41, 5.74) is 1.21. The monoisotopic (exact) mass is 251 g/mol. The number of anilines is 1. The van der Waals surface area contributed by atoms with Crippen LogP contribution in [0.4, 0.5) is 5.69 Å². The van der Waals surface area contributed by atoms with Gasteiger partial charge in [0.25, 0.3) is 0 Å². The lowest BCUT2D eigenvalue weighted by Gasteiger charge is -2.27. The fourth-order valence-corrected chi connectivity index (χ4v) is 5.00. The topological polar surface area (TPSA) is 21.3 Å². The van der Waals surface area contributed by atoms with Crippen molar-refractivity contribution in [3.63, 3.8) is 0 Å². The molecule has 1 N–H and O–H groups in total. The van der Waals surface area contributed by atoms with Crippen LogP contribution in [-0.2, 0) is 4.43 Å². The average Bonchev–Trinajstić information content (AvgIpc) is 2.41. The van der Waals surface area contributed by atoms with Gasteiger partial charge in [0, 0.05) is 19.3 Å². The van der Waals surface area contributed by atoms with Crippen LogP contribution in [0.25, 0.3) is 0 Å². The van der Waals surface area contributed by atoms with E-state index in [1.54, 1.807) is 0 Å². The Bertz CT molecular complexity index is 290. The van der Waals surface area contributed by atoms with Gasteiger partial charge in [0.2, 0.25) is 0 Å². The Balaban J connectivity index is 2.28. The van der Waals surface area contributed by atoms with E-state index in [-0.39, 0.29) is 0 Å². The molecule has 0 aromatic heterocycles. The van der Waals surface area contributed by atoms with Gasteiger partial charge in [-0.2, -0.15) is 0 Å². The van der Waals surface area contributed by atoms with E-state index in [1.807, 2.05) is 13.2 Å². The third-order valence-electron chi connectivity index (χ3n) is 3.63. The summed E-state index contributed by atoms with van der Waals surface area (Å²) in [6.45, 7) is 5.58. The van der Waals surface area contributed by atoms with E-state index in [9.17, 15) is 0 Å². The Morgan fingerprint density at radius 2 is 1.76 bits per heavy atom. The van der Waals surface area contributed by atoms with Crippen molar-refractivity contribution in [1.82, 2.24) is 0 Å². The van der Waals surface area contributed by atoms with Gasteiger partial charge in [-0.15, -0.1) is 0 Å². The number of para-hydroxylation sites is 1. The molecule has 1 aromatic carbocycles. The van der Waals surface area contributed by atoms with Crippen molar-refractivity contribution in [1.29, 1.82) is 0 Å². The van der Waals surface area contributed by atoms with Crippen molar-refractivity contribution < 1.29 is 4.43 Å². The number of rotatable bonds is 8. The minimum absolute atomic E-state index is 1.04. The number of nitrogens with one attached hydrogen (secondary N) is 1. The molecule has 0 unspecified atom stereocenters. The molecule has 0 amide bonds. The second-order valence-electron chi connectivity index (χ2n) is 4.49. The lowest BCUT2D eigenvalue weighted by atomic mass is 10.3. The smallest absolute Gasteiger partial charge is 0.191 e. The number of hydrogen-bond acceptors (Lipinski definition) is 2. The molecule has 3 heteroatoms. The van der Waals surface area contributed by atoms with Crippen LogP contribution in [0.15, 0.2) is 30.3 Å². The average molecular weight is 251 g/mol. The Morgan fingerprint density at radius 1 is 1.12 bits per heavy atom. The first-order valence-corrected chi connectivity index (χ1v) is 9.13. The van der Waals surface area contributed by atoms with E-state index in [0.717, 1.165) is 6.54 Å². The Kier molecular flexibility index (Phi) is 6.30. The molecule has 0 spiro atoms. The molecule has 96 valence electrons. The zero-order valence-electron chi connectivity index (χ0n) is 11.3. The molecule has 0 saturated carbocycles. The van der Waals surface area contributed by atoms with Crippen LogP contribution in [0.1, 0.15) is 20.3 Å². The summed E-state index contributed by atoms with van der Waals surface area (Å²) in [5, 5.41) is 3.46. The number of benzene rings is 1. The van der Waals surface area contributed by atoms with E-state index < -0.39 is 8.32 Å². The minimum atomic E-state index is -1.40. The highest BCUT2D eigenvalue weighted by atomic mass is 28.4. The Hall–Kier alpha value is -0.803. The lowest BCUT2D eigenvalue weighted by Crippen LogP contribution is -2.35. The third-order valence-corrected chi connectivity index (χ3v) is 8.34. The molecular weight excluding hydrogens is 226 g/mol. The van der Waals surface area contributed by atoms with Gasteiger partial charge in [0.05, 0.1) is 0 Å². The molecular formula is C14H25NOSi. The van der Waals surface area contributed by atoms with Crippen molar-refractivity contribution in [3.05, 3.63) is 30.3 Å².